The van der Waals surface area contributed by atoms with Crippen LogP contribution in [-0.2, 0) is 24.4 Å². The number of ether oxygens (including phenoxy) is 3. The van der Waals surface area contributed by atoms with E-state index in [-0.39, 0.29) is 0 Å². The first kappa shape index (κ1) is 28.0. The van der Waals surface area contributed by atoms with Gasteiger partial charge in [-0.3, -0.25) is 0 Å². The van der Waals surface area contributed by atoms with Gasteiger partial charge in [-0.05, 0) is 84.7 Å². The first-order valence-corrected chi connectivity index (χ1v) is 14.5. The van der Waals surface area contributed by atoms with Crippen LogP contribution in [0, 0.1) is 11.8 Å². The fourth-order valence-corrected chi connectivity index (χ4v) is 5.62. The summed E-state index contributed by atoms with van der Waals surface area (Å²) >= 11 is 6.43. The monoisotopic (exact) mass is 552 g/mol. The fourth-order valence-electron chi connectivity index (χ4n) is 5.45. The molecule has 206 valence electrons. The maximum Gasteiger partial charge on any atom is 0.128 e. The van der Waals surface area contributed by atoms with Crippen LogP contribution < -0.4 is 9.47 Å². The molecule has 0 saturated heterocycles. The van der Waals surface area contributed by atoms with Gasteiger partial charge in [0.1, 0.15) is 18.1 Å². The Bertz CT molecular complexity index is 1370. The highest BCUT2D eigenvalue weighted by atomic mass is 35.5. The van der Waals surface area contributed by atoms with Crippen LogP contribution in [0.25, 0.3) is 5.57 Å². The average molecular weight is 553 g/mol. The Balaban J connectivity index is 1.35. The summed E-state index contributed by atoms with van der Waals surface area (Å²) in [6, 6.07) is 35.2. The molecule has 0 N–H and O–H groups in total. The van der Waals surface area contributed by atoms with E-state index < -0.39 is 0 Å². The molecule has 40 heavy (non-hydrogen) atoms. The number of benzene rings is 4. The molecule has 4 aromatic carbocycles. The van der Waals surface area contributed by atoms with Crippen LogP contribution in [0.1, 0.15) is 42.0 Å². The molecule has 0 aliphatic heterocycles. The fraction of sp³-hybridized carbons (Fsp3) is 0.278. The number of halogens is 1. The maximum atomic E-state index is 6.43. The van der Waals surface area contributed by atoms with Crippen molar-refractivity contribution in [1.82, 2.24) is 0 Å². The Hall–Kier alpha value is -3.53. The van der Waals surface area contributed by atoms with Crippen molar-refractivity contribution >= 4 is 17.2 Å². The summed E-state index contributed by atoms with van der Waals surface area (Å²) in [5, 5.41) is 0.678. The van der Waals surface area contributed by atoms with Crippen LogP contribution in [0.2, 0.25) is 5.02 Å². The van der Waals surface area contributed by atoms with Crippen molar-refractivity contribution in [3.05, 3.63) is 136 Å². The highest BCUT2D eigenvalue weighted by Crippen LogP contribution is 2.40. The van der Waals surface area contributed by atoms with Crippen molar-refractivity contribution in [2.24, 2.45) is 11.8 Å². The van der Waals surface area contributed by atoms with Crippen LogP contribution >= 0.6 is 11.6 Å². The molecule has 4 aromatic rings. The van der Waals surface area contributed by atoms with Crippen molar-refractivity contribution in [2.75, 3.05) is 13.2 Å². The molecule has 0 bridgehead atoms. The second kappa shape index (κ2) is 14.2. The van der Waals surface area contributed by atoms with E-state index >= 15 is 0 Å². The number of hydrogen-bond donors (Lipinski definition) is 0. The van der Waals surface area contributed by atoms with Gasteiger partial charge in [-0.15, -0.1) is 0 Å². The topological polar surface area (TPSA) is 27.7 Å². The zero-order valence-corrected chi connectivity index (χ0v) is 23.9. The van der Waals surface area contributed by atoms with Crippen LogP contribution in [0.5, 0.6) is 11.5 Å². The van der Waals surface area contributed by atoms with Gasteiger partial charge in [-0.25, -0.2) is 0 Å². The third kappa shape index (κ3) is 8.00. The van der Waals surface area contributed by atoms with E-state index in [1.165, 1.54) is 16.7 Å². The van der Waals surface area contributed by atoms with E-state index in [0.717, 1.165) is 41.9 Å². The Labute approximate surface area is 243 Å². The SMILES string of the molecule is CCOc1ccc(CC2CC(c3ccc(Cl)cc3OCc3ccccc3)=CC(COCc3ccccc3)C2)cc1. The Kier molecular flexibility index (Phi) is 9.95. The van der Waals surface area contributed by atoms with Gasteiger partial charge in [0.15, 0.2) is 0 Å². The lowest BCUT2D eigenvalue weighted by Gasteiger charge is -2.30. The highest BCUT2D eigenvalue weighted by Gasteiger charge is 2.25. The number of rotatable bonds is 12. The lowest BCUT2D eigenvalue weighted by atomic mass is 9.77. The summed E-state index contributed by atoms with van der Waals surface area (Å²) in [5.41, 5.74) is 6.07. The molecule has 0 radical (unpaired) electrons. The van der Waals surface area contributed by atoms with Gasteiger partial charge in [0, 0.05) is 16.5 Å². The molecule has 0 aromatic heterocycles. The van der Waals surface area contributed by atoms with E-state index in [4.69, 9.17) is 25.8 Å². The predicted octanol–water partition coefficient (Wildman–Crippen LogP) is 9.19. The van der Waals surface area contributed by atoms with Gasteiger partial charge in [0.25, 0.3) is 0 Å². The van der Waals surface area contributed by atoms with Crippen LogP contribution in [0.4, 0.5) is 0 Å². The van der Waals surface area contributed by atoms with Gasteiger partial charge in [0.05, 0.1) is 19.8 Å². The lowest BCUT2D eigenvalue weighted by Crippen LogP contribution is -2.20. The molecule has 0 fully saturated rings. The van der Waals surface area contributed by atoms with Gasteiger partial charge in [-0.2, -0.15) is 0 Å². The Morgan fingerprint density at radius 3 is 2.15 bits per heavy atom. The molecule has 0 amide bonds. The first-order valence-electron chi connectivity index (χ1n) is 14.2. The molecule has 2 unspecified atom stereocenters. The van der Waals surface area contributed by atoms with Crippen molar-refractivity contribution in [3.63, 3.8) is 0 Å². The Morgan fingerprint density at radius 2 is 1.45 bits per heavy atom. The van der Waals surface area contributed by atoms with Gasteiger partial charge in [0.2, 0.25) is 0 Å². The zero-order chi connectivity index (χ0) is 27.6. The van der Waals surface area contributed by atoms with Crippen molar-refractivity contribution < 1.29 is 14.2 Å². The summed E-state index contributed by atoms with van der Waals surface area (Å²) in [7, 11) is 0. The van der Waals surface area contributed by atoms with E-state index in [2.05, 4.69) is 72.8 Å². The smallest absolute Gasteiger partial charge is 0.128 e. The molecule has 2 atom stereocenters. The third-order valence-electron chi connectivity index (χ3n) is 7.31. The maximum absolute atomic E-state index is 6.43. The number of allylic oxidation sites excluding steroid dienone is 1. The summed E-state index contributed by atoms with van der Waals surface area (Å²) in [6.07, 6.45) is 5.47. The van der Waals surface area contributed by atoms with Crippen molar-refractivity contribution in [2.45, 2.75) is 39.4 Å². The van der Waals surface area contributed by atoms with Crippen LogP contribution in [0.15, 0.2) is 109 Å². The second-order valence-corrected chi connectivity index (χ2v) is 10.9. The standard InChI is InChI=1S/C36H37ClO3/c1-2-39-34-16-13-27(14-17-34)19-30-20-31(25-38-24-28-9-5-3-6-10-28)22-32(21-30)35-18-15-33(37)23-36(35)40-26-29-11-7-4-8-12-29/h3-18,22-23,30-31H,2,19-21,24-26H2,1H3. The molecule has 5 rings (SSSR count). The lowest BCUT2D eigenvalue weighted by molar-refractivity contribution is 0.0908. The molecular formula is C36H37ClO3. The molecule has 4 heteroatoms. The minimum absolute atomic E-state index is 0.317. The first-order chi connectivity index (χ1) is 19.7. The molecule has 0 spiro atoms. The minimum Gasteiger partial charge on any atom is -0.494 e. The van der Waals surface area contributed by atoms with E-state index in [9.17, 15) is 0 Å². The normalized spacial score (nSPS) is 16.8. The molecule has 1 aliphatic carbocycles. The van der Waals surface area contributed by atoms with Crippen LogP contribution in [-0.4, -0.2) is 13.2 Å². The third-order valence-corrected chi connectivity index (χ3v) is 7.55. The molecule has 0 saturated carbocycles. The van der Waals surface area contributed by atoms with E-state index in [1.807, 2.05) is 43.3 Å². The molecule has 1 aliphatic rings. The summed E-state index contributed by atoms with van der Waals surface area (Å²) < 4.78 is 18.2. The quantitative estimate of drug-likeness (QED) is 0.175. The molecule has 0 heterocycles. The summed E-state index contributed by atoms with van der Waals surface area (Å²) in [5.74, 6) is 2.55. The number of hydrogen-bond acceptors (Lipinski definition) is 3. The minimum atomic E-state index is 0.317. The summed E-state index contributed by atoms with van der Waals surface area (Å²) in [6.45, 7) is 4.50. The van der Waals surface area contributed by atoms with Gasteiger partial charge >= 0.3 is 0 Å². The van der Waals surface area contributed by atoms with Crippen molar-refractivity contribution in [3.8, 4) is 11.5 Å². The van der Waals surface area contributed by atoms with E-state index in [0.29, 0.717) is 43.3 Å². The summed E-state index contributed by atoms with van der Waals surface area (Å²) in [4.78, 5) is 0. The van der Waals surface area contributed by atoms with Crippen LogP contribution in [0.3, 0.4) is 0 Å². The van der Waals surface area contributed by atoms with E-state index in [1.54, 1.807) is 0 Å². The van der Waals surface area contributed by atoms with Gasteiger partial charge in [-0.1, -0.05) is 90.5 Å². The average Bonchev–Trinajstić information content (AvgIpc) is 2.98. The van der Waals surface area contributed by atoms with Gasteiger partial charge < -0.3 is 14.2 Å². The Morgan fingerprint density at radius 1 is 0.750 bits per heavy atom. The predicted molar refractivity (Wildman–Crippen MR) is 164 cm³/mol. The second-order valence-electron chi connectivity index (χ2n) is 10.5. The van der Waals surface area contributed by atoms with Crippen molar-refractivity contribution in [1.29, 1.82) is 0 Å². The zero-order valence-electron chi connectivity index (χ0n) is 23.1. The molecule has 3 nitrogen and oxygen atoms in total. The largest absolute Gasteiger partial charge is 0.494 e. The molecular weight excluding hydrogens is 516 g/mol. The highest BCUT2D eigenvalue weighted by molar-refractivity contribution is 6.30.